The molecule has 2 amide bonds. The number of hydrogen-bond acceptors (Lipinski definition) is 9. The number of rotatable bonds is 29. The molecule has 11 nitrogen and oxygen atoms in total. The molecule has 2 aliphatic carbocycles. The molecule has 0 saturated heterocycles. The zero-order valence-electron chi connectivity index (χ0n) is 40.7. The maximum Gasteiger partial charge on any atom is 0.412 e. The molecular formula is C56H79N3O8. The van der Waals surface area contributed by atoms with Crippen LogP contribution >= 0.6 is 0 Å². The minimum Gasteiger partial charge on any atom is -0.459 e. The third kappa shape index (κ3) is 13.1. The van der Waals surface area contributed by atoms with Gasteiger partial charge in [-0.1, -0.05) is 132 Å². The molecule has 1 heterocycles. The summed E-state index contributed by atoms with van der Waals surface area (Å²) in [7, 11) is 0. The lowest BCUT2D eigenvalue weighted by atomic mass is 9.55. The van der Waals surface area contributed by atoms with Crippen LogP contribution in [0.3, 0.4) is 0 Å². The number of unbranched alkanes of at least 4 members (excludes halogenated alkanes) is 11. The van der Waals surface area contributed by atoms with Crippen molar-refractivity contribution in [3.63, 3.8) is 0 Å². The number of carbonyl (C=O) groups is 2. The van der Waals surface area contributed by atoms with E-state index in [0.29, 0.717) is 62.4 Å². The number of allylic oxidation sites excluding steroid dienone is 1. The van der Waals surface area contributed by atoms with Crippen LogP contribution in [0.4, 0.5) is 4.79 Å². The van der Waals surface area contributed by atoms with Crippen molar-refractivity contribution in [1.29, 1.82) is 0 Å². The fraction of sp³-hybridized carbons (Fsp3) is 0.589. The molecule has 3 aromatic carbocycles. The number of aliphatic hydroxyl groups excluding tert-OH is 2. The molecule has 3 aliphatic rings. The van der Waals surface area contributed by atoms with Crippen molar-refractivity contribution in [2.75, 3.05) is 39.5 Å². The highest BCUT2D eigenvalue weighted by molar-refractivity contribution is 6.04. The number of nitrogens with one attached hydrogen (secondary N) is 1. The first kappa shape index (κ1) is 51.7. The van der Waals surface area contributed by atoms with Gasteiger partial charge < -0.3 is 39.5 Å². The van der Waals surface area contributed by atoms with Gasteiger partial charge in [-0.05, 0) is 104 Å². The molecule has 366 valence electrons. The van der Waals surface area contributed by atoms with Gasteiger partial charge in [-0.25, -0.2) is 4.79 Å². The molecular weight excluding hydrogens is 843 g/mol. The first-order valence-corrected chi connectivity index (χ1v) is 25.8. The molecule has 0 bridgehead atoms. The van der Waals surface area contributed by atoms with E-state index in [4.69, 9.17) is 24.2 Å². The predicted octanol–water partition coefficient (Wildman–Crippen LogP) is 12.1. The molecule has 67 heavy (non-hydrogen) atoms. The van der Waals surface area contributed by atoms with Crippen molar-refractivity contribution >= 4 is 28.5 Å². The summed E-state index contributed by atoms with van der Waals surface area (Å²) in [6.45, 7) is 12.0. The quantitative estimate of drug-likeness (QED) is 0.0355. The summed E-state index contributed by atoms with van der Waals surface area (Å²) in [6.07, 6.45) is 21.4. The normalized spacial score (nSPS) is 22.3. The summed E-state index contributed by atoms with van der Waals surface area (Å²) < 4.78 is 20.6. The van der Waals surface area contributed by atoms with Crippen LogP contribution in [0.25, 0.3) is 10.8 Å². The Morgan fingerprint density at radius 2 is 1.57 bits per heavy atom. The first-order chi connectivity index (χ1) is 32.8. The minimum atomic E-state index is -1.38. The number of fused-ring (bicyclic) bond motifs is 3. The summed E-state index contributed by atoms with van der Waals surface area (Å²) in [6, 6.07) is 18.9. The van der Waals surface area contributed by atoms with Gasteiger partial charge in [0.05, 0.1) is 18.2 Å². The standard InChI is InChI=1S/C56H79N3O8/c1-5-9-10-11-12-13-14-15-16-21-32-57-55(63)66-45-30-31-50-48(39-45)52-46(27-20-23-35-61)43(26-19-22-34-60)38-47-49(58-65-8-4)40-51(56(67-50,53(47)52)64-36-7-3)59(33-6-2)54(62)44-29-28-41-24-17-18-25-42(41)37-44/h7,17-18,24-25,28-31,37-39,43,46,51-53,60-61H,3,5-6,8-16,19-23,26-27,32-36,40H2,1-2,4H3,(H,57,63). The summed E-state index contributed by atoms with van der Waals surface area (Å²) >= 11 is 0. The fourth-order valence-corrected chi connectivity index (χ4v) is 10.9. The maximum absolute atomic E-state index is 15.2. The minimum absolute atomic E-state index is 0.0386. The summed E-state index contributed by atoms with van der Waals surface area (Å²) in [5.41, 5.74) is 3.19. The molecule has 11 heteroatoms. The molecule has 1 fully saturated rings. The Balaban J connectivity index is 1.39. The Bertz CT molecular complexity index is 2100. The summed E-state index contributed by atoms with van der Waals surface area (Å²) in [5, 5.41) is 29.8. The van der Waals surface area contributed by atoms with E-state index in [9.17, 15) is 15.0 Å². The van der Waals surface area contributed by atoms with Gasteiger partial charge in [0.25, 0.3) is 5.91 Å². The molecule has 1 saturated carbocycles. The topological polar surface area (TPSA) is 139 Å². The largest absolute Gasteiger partial charge is 0.459 e. The van der Waals surface area contributed by atoms with Crippen LogP contribution < -0.4 is 14.8 Å². The molecule has 6 rings (SSSR count). The van der Waals surface area contributed by atoms with Crippen molar-refractivity contribution in [3.8, 4) is 11.5 Å². The number of nitrogens with zero attached hydrogens (tertiary/aromatic N) is 2. The highest BCUT2D eigenvalue weighted by Gasteiger charge is 2.65. The van der Waals surface area contributed by atoms with E-state index in [1.54, 1.807) is 12.1 Å². The van der Waals surface area contributed by atoms with Gasteiger partial charge in [-0.15, -0.1) is 6.58 Å². The van der Waals surface area contributed by atoms with Crippen molar-refractivity contribution < 1.29 is 38.9 Å². The van der Waals surface area contributed by atoms with Gasteiger partial charge >= 0.3 is 6.09 Å². The van der Waals surface area contributed by atoms with Crippen molar-refractivity contribution in [3.05, 3.63) is 96.1 Å². The van der Waals surface area contributed by atoms with Gasteiger partial charge in [-0.3, -0.25) is 4.79 Å². The second kappa shape index (κ2) is 26.7. The zero-order valence-corrected chi connectivity index (χ0v) is 40.7. The molecule has 3 aromatic rings. The van der Waals surface area contributed by atoms with E-state index in [-0.39, 0.29) is 43.5 Å². The number of carbonyl (C=O) groups excluding carboxylic acids is 2. The van der Waals surface area contributed by atoms with E-state index in [0.717, 1.165) is 66.1 Å². The van der Waals surface area contributed by atoms with Crippen LogP contribution in [-0.4, -0.2) is 84.2 Å². The number of aliphatic hydroxyl groups is 2. The molecule has 6 unspecified atom stereocenters. The number of oxime groups is 1. The molecule has 0 radical (unpaired) electrons. The fourth-order valence-electron chi connectivity index (χ4n) is 10.9. The first-order valence-electron chi connectivity index (χ1n) is 25.8. The van der Waals surface area contributed by atoms with Crippen LogP contribution in [-0.2, 0) is 9.57 Å². The molecule has 0 aromatic heterocycles. The summed E-state index contributed by atoms with van der Waals surface area (Å²) in [4.78, 5) is 36.4. The van der Waals surface area contributed by atoms with Gasteiger partial charge in [0, 0.05) is 49.8 Å². The Labute approximate surface area is 400 Å². The molecule has 0 spiro atoms. The van der Waals surface area contributed by atoms with Crippen molar-refractivity contribution in [2.45, 2.75) is 154 Å². The van der Waals surface area contributed by atoms with Crippen LogP contribution in [0, 0.1) is 17.8 Å². The highest BCUT2D eigenvalue weighted by Crippen LogP contribution is 2.62. The van der Waals surface area contributed by atoms with Gasteiger partial charge in [0.2, 0.25) is 5.79 Å². The Morgan fingerprint density at radius 1 is 0.851 bits per heavy atom. The smallest absolute Gasteiger partial charge is 0.412 e. The summed E-state index contributed by atoms with van der Waals surface area (Å²) in [5.74, 6) is -1.07. The van der Waals surface area contributed by atoms with E-state index in [1.807, 2.05) is 66.4 Å². The zero-order chi connectivity index (χ0) is 47.4. The highest BCUT2D eigenvalue weighted by atomic mass is 16.7. The van der Waals surface area contributed by atoms with Crippen molar-refractivity contribution in [1.82, 2.24) is 10.2 Å². The Morgan fingerprint density at radius 3 is 2.27 bits per heavy atom. The molecule has 1 aliphatic heterocycles. The van der Waals surface area contributed by atoms with E-state index in [2.05, 4.69) is 31.8 Å². The predicted molar refractivity (Wildman–Crippen MR) is 268 cm³/mol. The average Bonchev–Trinajstić information content (AvgIpc) is 3.34. The number of hydrogen-bond donors (Lipinski definition) is 3. The van der Waals surface area contributed by atoms with Gasteiger partial charge in [0.1, 0.15) is 24.1 Å². The van der Waals surface area contributed by atoms with Crippen LogP contribution in [0.15, 0.2) is 90.1 Å². The number of benzene rings is 3. The lowest BCUT2D eigenvalue weighted by Gasteiger charge is -2.60. The van der Waals surface area contributed by atoms with Crippen molar-refractivity contribution in [2.24, 2.45) is 22.9 Å². The third-order valence-electron chi connectivity index (χ3n) is 14.1. The Hall–Kier alpha value is -4.71. The van der Waals surface area contributed by atoms with E-state index in [1.165, 1.54) is 51.4 Å². The number of ether oxygens (including phenoxy) is 3. The lowest BCUT2D eigenvalue weighted by molar-refractivity contribution is -0.254. The third-order valence-corrected chi connectivity index (χ3v) is 14.1. The Kier molecular flexibility index (Phi) is 20.6. The van der Waals surface area contributed by atoms with Crippen LogP contribution in [0.5, 0.6) is 11.5 Å². The van der Waals surface area contributed by atoms with E-state index >= 15 is 4.79 Å². The second-order valence-electron chi connectivity index (χ2n) is 18.7. The molecule has 3 N–H and O–H groups in total. The average molecular weight is 922 g/mol. The SMILES string of the molecule is C=CCOC12Oc3ccc(OC(=O)NCCCCCCCCCCCC)cc3C3C(CCCCO)C(CCCCO)C=C(C(=NOCC)CC1N(CCC)C(=O)c1ccc4ccccc4c1)C32. The number of amides is 2. The molecule has 6 atom stereocenters. The monoisotopic (exact) mass is 922 g/mol. The lowest BCUT2D eigenvalue weighted by Crippen LogP contribution is -2.70. The van der Waals surface area contributed by atoms with Gasteiger partial charge in [-0.2, -0.15) is 0 Å². The van der Waals surface area contributed by atoms with E-state index < -0.39 is 23.8 Å². The van der Waals surface area contributed by atoms with Crippen LogP contribution in [0.2, 0.25) is 0 Å². The van der Waals surface area contributed by atoms with Gasteiger partial charge in [0.15, 0.2) is 0 Å². The maximum atomic E-state index is 15.2. The van der Waals surface area contributed by atoms with Crippen LogP contribution in [0.1, 0.15) is 158 Å². The second-order valence-corrected chi connectivity index (χ2v) is 18.7.